The van der Waals surface area contributed by atoms with Crippen molar-refractivity contribution in [3.05, 3.63) is 158 Å². The van der Waals surface area contributed by atoms with Gasteiger partial charge in [0.2, 0.25) is 0 Å². The average Bonchev–Trinajstić information content (AvgIpc) is 3.66. The van der Waals surface area contributed by atoms with Crippen LogP contribution in [0.1, 0.15) is 0 Å². The summed E-state index contributed by atoms with van der Waals surface area (Å²) < 4.78 is 4.28. The van der Waals surface area contributed by atoms with Crippen LogP contribution in [0.4, 0.5) is 0 Å². The maximum absolute atomic E-state index is 4.93. The molecule has 0 atom stereocenters. The molecular formula is C38H26N4. The van der Waals surface area contributed by atoms with E-state index >= 15 is 0 Å². The molecule has 8 rings (SSSR count). The Bertz CT molecular complexity index is 2100. The van der Waals surface area contributed by atoms with E-state index in [4.69, 9.17) is 10.1 Å². The van der Waals surface area contributed by atoms with Gasteiger partial charge in [-0.05, 0) is 47.5 Å². The van der Waals surface area contributed by atoms with Crippen molar-refractivity contribution in [3.63, 3.8) is 0 Å². The second-order valence-corrected chi connectivity index (χ2v) is 10.4. The van der Waals surface area contributed by atoms with Crippen LogP contribution in [0.25, 0.3) is 67.1 Å². The number of hydrogen-bond donors (Lipinski definition) is 0. The summed E-state index contributed by atoms with van der Waals surface area (Å²) in [5.41, 5.74) is 8.88. The third-order valence-electron chi connectivity index (χ3n) is 7.82. The number of rotatable bonds is 5. The molecule has 4 nitrogen and oxygen atoms in total. The number of aromatic nitrogens is 4. The highest BCUT2D eigenvalue weighted by atomic mass is 15.4. The molecule has 0 bridgehead atoms. The topological polar surface area (TPSA) is 35.6 Å². The van der Waals surface area contributed by atoms with E-state index in [0.29, 0.717) is 5.82 Å². The van der Waals surface area contributed by atoms with Crippen molar-refractivity contribution in [3.8, 4) is 45.3 Å². The Morgan fingerprint density at radius 2 is 0.857 bits per heavy atom. The first-order valence-electron chi connectivity index (χ1n) is 14.1. The first-order valence-corrected chi connectivity index (χ1v) is 14.1. The van der Waals surface area contributed by atoms with Crippen LogP contribution in [0.15, 0.2) is 158 Å². The van der Waals surface area contributed by atoms with Gasteiger partial charge in [0.05, 0.1) is 16.7 Å². The Hall–Kier alpha value is -5.74. The maximum atomic E-state index is 4.93. The van der Waals surface area contributed by atoms with Crippen LogP contribution >= 0.6 is 0 Å². The minimum absolute atomic E-state index is 0.708. The van der Waals surface area contributed by atoms with Crippen LogP contribution in [-0.2, 0) is 0 Å². The lowest BCUT2D eigenvalue weighted by atomic mass is 10.0. The van der Waals surface area contributed by atoms with Crippen LogP contribution in [0.2, 0.25) is 0 Å². The van der Waals surface area contributed by atoms with E-state index in [1.165, 1.54) is 21.8 Å². The summed E-state index contributed by atoms with van der Waals surface area (Å²) >= 11 is 0. The SMILES string of the molecule is c1ccc(-c2nc(-c3ccccc3)n(-c3ccc(-c4ccc(-n5c6ccccc6c6ccccc65)cc4)cc3)n2)cc1. The predicted molar refractivity (Wildman–Crippen MR) is 172 cm³/mol. The third-order valence-corrected chi connectivity index (χ3v) is 7.82. The van der Waals surface area contributed by atoms with Crippen molar-refractivity contribution >= 4 is 21.8 Å². The number of nitrogens with zero attached hydrogens (tertiary/aromatic N) is 4. The molecule has 0 spiro atoms. The van der Waals surface area contributed by atoms with Crippen molar-refractivity contribution < 1.29 is 0 Å². The molecule has 0 N–H and O–H groups in total. The van der Waals surface area contributed by atoms with Gasteiger partial charge in [0.1, 0.15) is 0 Å². The summed E-state index contributed by atoms with van der Waals surface area (Å²) in [7, 11) is 0. The van der Waals surface area contributed by atoms with Crippen LogP contribution in [0.5, 0.6) is 0 Å². The van der Waals surface area contributed by atoms with Gasteiger partial charge in [-0.2, -0.15) is 0 Å². The highest BCUT2D eigenvalue weighted by molar-refractivity contribution is 6.09. The molecule has 6 aromatic carbocycles. The van der Waals surface area contributed by atoms with E-state index in [0.717, 1.165) is 39.5 Å². The van der Waals surface area contributed by atoms with Crippen LogP contribution in [0.3, 0.4) is 0 Å². The van der Waals surface area contributed by atoms with Crippen molar-refractivity contribution in [1.29, 1.82) is 0 Å². The largest absolute Gasteiger partial charge is 0.309 e. The standard InChI is InChI=1S/C38H26N4/c1-3-11-29(12-4-1)37-39-38(30-13-5-2-6-14-30)42(40-37)32-25-21-28(22-26-32)27-19-23-31(24-20-27)41-35-17-9-7-15-33(35)34-16-8-10-18-36(34)41/h1-26H. The van der Waals surface area contributed by atoms with Gasteiger partial charge in [0.15, 0.2) is 11.6 Å². The van der Waals surface area contributed by atoms with Gasteiger partial charge in [-0.15, -0.1) is 5.10 Å². The molecule has 0 aliphatic rings. The van der Waals surface area contributed by atoms with Gasteiger partial charge < -0.3 is 4.57 Å². The van der Waals surface area contributed by atoms with Gasteiger partial charge >= 0.3 is 0 Å². The third kappa shape index (κ3) is 4.09. The minimum atomic E-state index is 0.708. The van der Waals surface area contributed by atoms with E-state index in [9.17, 15) is 0 Å². The Labute approximate surface area is 243 Å². The van der Waals surface area contributed by atoms with Gasteiger partial charge in [0.25, 0.3) is 0 Å². The summed E-state index contributed by atoms with van der Waals surface area (Å²) in [6.07, 6.45) is 0. The molecule has 0 radical (unpaired) electrons. The van der Waals surface area contributed by atoms with Crippen LogP contribution in [0, 0.1) is 0 Å². The summed E-state index contributed by atoms with van der Waals surface area (Å²) in [5, 5.41) is 7.46. The summed E-state index contributed by atoms with van der Waals surface area (Å²) in [5.74, 6) is 1.52. The van der Waals surface area contributed by atoms with Gasteiger partial charge in [-0.3, -0.25) is 0 Å². The normalized spacial score (nSPS) is 11.3. The first kappa shape index (κ1) is 24.1. The Kier molecular flexibility index (Phi) is 5.75. The Morgan fingerprint density at radius 3 is 1.43 bits per heavy atom. The zero-order valence-electron chi connectivity index (χ0n) is 22.8. The van der Waals surface area contributed by atoms with Gasteiger partial charge in [-0.25, -0.2) is 9.67 Å². The molecule has 198 valence electrons. The molecule has 0 amide bonds. The molecule has 4 heteroatoms. The molecule has 2 aromatic heterocycles. The molecule has 0 saturated carbocycles. The maximum Gasteiger partial charge on any atom is 0.182 e. The first-order chi connectivity index (χ1) is 20.8. The molecule has 42 heavy (non-hydrogen) atoms. The van der Waals surface area contributed by atoms with E-state index in [1.807, 2.05) is 53.2 Å². The summed E-state index contributed by atoms with van der Waals surface area (Å²) in [6, 6.07) is 54.9. The molecule has 0 aliphatic carbocycles. The van der Waals surface area contributed by atoms with Crippen molar-refractivity contribution in [1.82, 2.24) is 19.3 Å². The molecule has 2 heterocycles. The fourth-order valence-corrected chi connectivity index (χ4v) is 5.77. The lowest BCUT2D eigenvalue weighted by Crippen LogP contribution is -1.99. The fraction of sp³-hybridized carbons (Fsp3) is 0. The second kappa shape index (κ2) is 10.0. The van der Waals surface area contributed by atoms with Gasteiger partial charge in [0, 0.05) is 27.6 Å². The zero-order valence-corrected chi connectivity index (χ0v) is 22.8. The van der Waals surface area contributed by atoms with Gasteiger partial charge in [-0.1, -0.05) is 121 Å². The molecule has 0 unspecified atom stereocenters. The van der Waals surface area contributed by atoms with Crippen LogP contribution < -0.4 is 0 Å². The fourth-order valence-electron chi connectivity index (χ4n) is 5.77. The zero-order chi connectivity index (χ0) is 27.9. The van der Waals surface area contributed by atoms with Crippen molar-refractivity contribution in [2.75, 3.05) is 0 Å². The molecule has 0 fully saturated rings. The number of benzene rings is 6. The molecule has 0 aliphatic heterocycles. The lowest BCUT2D eigenvalue weighted by molar-refractivity contribution is 0.890. The highest BCUT2D eigenvalue weighted by Gasteiger charge is 2.15. The Morgan fingerprint density at radius 1 is 0.381 bits per heavy atom. The van der Waals surface area contributed by atoms with Crippen LogP contribution in [-0.4, -0.2) is 19.3 Å². The smallest absolute Gasteiger partial charge is 0.182 e. The molecular weight excluding hydrogens is 512 g/mol. The van der Waals surface area contributed by atoms with E-state index in [-0.39, 0.29) is 0 Å². The quantitative estimate of drug-likeness (QED) is 0.219. The lowest BCUT2D eigenvalue weighted by Gasteiger charge is -2.10. The Balaban J connectivity index is 1.15. The van der Waals surface area contributed by atoms with Crippen molar-refractivity contribution in [2.45, 2.75) is 0 Å². The van der Waals surface area contributed by atoms with E-state index < -0.39 is 0 Å². The second-order valence-electron chi connectivity index (χ2n) is 10.4. The number of para-hydroxylation sites is 2. The minimum Gasteiger partial charge on any atom is -0.309 e. The monoisotopic (exact) mass is 538 g/mol. The number of hydrogen-bond acceptors (Lipinski definition) is 2. The summed E-state index contributed by atoms with van der Waals surface area (Å²) in [4.78, 5) is 4.93. The van der Waals surface area contributed by atoms with Crippen molar-refractivity contribution in [2.24, 2.45) is 0 Å². The van der Waals surface area contributed by atoms with E-state index in [1.54, 1.807) is 0 Å². The predicted octanol–water partition coefficient (Wildman–Crippen LogP) is 9.37. The average molecular weight is 539 g/mol. The van der Waals surface area contributed by atoms with E-state index in [2.05, 4.69) is 114 Å². The summed E-state index contributed by atoms with van der Waals surface area (Å²) in [6.45, 7) is 0. The number of fused-ring (bicyclic) bond motifs is 3. The molecule has 0 saturated heterocycles. The molecule has 8 aromatic rings. The highest BCUT2D eigenvalue weighted by Crippen LogP contribution is 2.33.